The van der Waals surface area contributed by atoms with Gasteiger partial charge in [-0.3, -0.25) is 0 Å². The van der Waals surface area contributed by atoms with Crippen LogP contribution < -0.4 is 5.73 Å². The maximum atomic E-state index is 6.10. The standard InChI is InChI=1S/C11H13ClN4/c1-8(13)6-9-7-14-15-16(9)11-5-3-2-4-10(11)12/h2-5,7-8H,6,13H2,1H3. The van der Waals surface area contributed by atoms with Crippen LogP contribution in [-0.4, -0.2) is 21.0 Å². The largest absolute Gasteiger partial charge is 0.328 e. The number of para-hydroxylation sites is 1. The molecule has 0 aliphatic heterocycles. The number of nitrogens with two attached hydrogens (primary N) is 1. The fourth-order valence-electron chi connectivity index (χ4n) is 1.55. The molecule has 84 valence electrons. The summed E-state index contributed by atoms with van der Waals surface area (Å²) < 4.78 is 1.73. The van der Waals surface area contributed by atoms with E-state index in [4.69, 9.17) is 17.3 Å². The molecule has 5 heteroatoms. The zero-order chi connectivity index (χ0) is 11.5. The highest BCUT2D eigenvalue weighted by atomic mass is 35.5. The molecule has 1 atom stereocenters. The molecule has 0 radical (unpaired) electrons. The molecule has 1 aromatic carbocycles. The highest BCUT2D eigenvalue weighted by Crippen LogP contribution is 2.20. The molecule has 1 aromatic heterocycles. The average Bonchev–Trinajstić information content (AvgIpc) is 2.66. The number of benzene rings is 1. The lowest BCUT2D eigenvalue weighted by atomic mass is 10.2. The second kappa shape index (κ2) is 4.63. The Morgan fingerprint density at radius 3 is 2.88 bits per heavy atom. The molecule has 16 heavy (non-hydrogen) atoms. The molecule has 0 saturated carbocycles. The van der Waals surface area contributed by atoms with Crippen molar-refractivity contribution in [2.24, 2.45) is 5.73 Å². The van der Waals surface area contributed by atoms with E-state index in [9.17, 15) is 0 Å². The minimum absolute atomic E-state index is 0.0692. The Hall–Kier alpha value is -1.39. The minimum atomic E-state index is 0.0692. The average molecular weight is 237 g/mol. The van der Waals surface area contributed by atoms with Crippen molar-refractivity contribution in [3.8, 4) is 5.69 Å². The summed E-state index contributed by atoms with van der Waals surface area (Å²) in [7, 11) is 0. The fraction of sp³-hybridized carbons (Fsp3) is 0.273. The Kier molecular flexibility index (Phi) is 3.22. The monoisotopic (exact) mass is 236 g/mol. The summed E-state index contributed by atoms with van der Waals surface area (Å²) in [6.07, 6.45) is 2.44. The smallest absolute Gasteiger partial charge is 0.0852 e. The first kappa shape index (κ1) is 11.1. The number of halogens is 1. The van der Waals surface area contributed by atoms with Crippen LogP contribution in [0.4, 0.5) is 0 Å². The van der Waals surface area contributed by atoms with Crippen LogP contribution >= 0.6 is 11.6 Å². The number of hydrogen-bond donors (Lipinski definition) is 1. The highest BCUT2D eigenvalue weighted by Gasteiger charge is 2.10. The molecule has 0 aliphatic carbocycles. The van der Waals surface area contributed by atoms with Crippen LogP contribution in [0.5, 0.6) is 0 Å². The van der Waals surface area contributed by atoms with E-state index in [1.807, 2.05) is 31.2 Å². The van der Waals surface area contributed by atoms with Gasteiger partial charge in [0.25, 0.3) is 0 Å². The predicted molar refractivity (Wildman–Crippen MR) is 63.7 cm³/mol. The third-order valence-electron chi connectivity index (χ3n) is 2.23. The van der Waals surface area contributed by atoms with Crippen molar-refractivity contribution in [2.45, 2.75) is 19.4 Å². The van der Waals surface area contributed by atoms with E-state index in [2.05, 4.69) is 10.3 Å². The van der Waals surface area contributed by atoms with E-state index in [0.29, 0.717) is 5.02 Å². The van der Waals surface area contributed by atoms with Gasteiger partial charge in [0.15, 0.2) is 0 Å². The molecule has 1 unspecified atom stereocenters. The Morgan fingerprint density at radius 1 is 1.44 bits per heavy atom. The van der Waals surface area contributed by atoms with Gasteiger partial charge in [-0.15, -0.1) is 5.10 Å². The number of aromatic nitrogens is 3. The molecular formula is C11H13ClN4. The van der Waals surface area contributed by atoms with Gasteiger partial charge in [0.2, 0.25) is 0 Å². The lowest BCUT2D eigenvalue weighted by Gasteiger charge is -2.09. The summed E-state index contributed by atoms with van der Waals surface area (Å²) in [5.74, 6) is 0. The molecule has 4 nitrogen and oxygen atoms in total. The topological polar surface area (TPSA) is 56.7 Å². The second-order valence-electron chi connectivity index (χ2n) is 3.77. The van der Waals surface area contributed by atoms with Gasteiger partial charge in [0.05, 0.1) is 22.6 Å². The van der Waals surface area contributed by atoms with Gasteiger partial charge in [-0.1, -0.05) is 28.9 Å². The zero-order valence-electron chi connectivity index (χ0n) is 8.97. The van der Waals surface area contributed by atoms with Crippen molar-refractivity contribution in [3.63, 3.8) is 0 Å². The highest BCUT2D eigenvalue weighted by molar-refractivity contribution is 6.32. The van der Waals surface area contributed by atoms with E-state index >= 15 is 0 Å². The summed E-state index contributed by atoms with van der Waals surface area (Å²) in [6, 6.07) is 7.60. The number of hydrogen-bond acceptors (Lipinski definition) is 3. The fourth-order valence-corrected chi connectivity index (χ4v) is 1.77. The SMILES string of the molecule is CC(N)Cc1cnnn1-c1ccccc1Cl. The molecule has 0 saturated heterocycles. The Labute approximate surface area is 99.0 Å². The van der Waals surface area contributed by atoms with Crippen molar-refractivity contribution in [1.82, 2.24) is 15.0 Å². The second-order valence-corrected chi connectivity index (χ2v) is 4.18. The number of nitrogens with zero attached hydrogens (tertiary/aromatic N) is 3. The molecule has 2 aromatic rings. The van der Waals surface area contributed by atoms with Crippen LogP contribution in [0.2, 0.25) is 5.02 Å². The summed E-state index contributed by atoms with van der Waals surface area (Å²) in [6.45, 7) is 1.95. The van der Waals surface area contributed by atoms with Gasteiger partial charge in [0, 0.05) is 12.5 Å². The van der Waals surface area contributed by atoms with Crippen LogP contribution in [-0.2, 0) is 6.42 Å². The van der Waals surface area contributed by atoms with Crippen molar-refractivity contribution in [2.75, 3.05) is 0 Å². The van der Waals surface area contributed by atoms with Gasteiger partial charge < -0.3 is 5.73 Å². The summed E-state index contributed by atoms with van der Waals surface area (Å²) >= 11 is 6.10. The van der Waals surface area contributed by atoms with Crippen molar-refractivity contribution in [1.29, 1.82) is 0 Å². The van der Waals surface area contributed by atoms with Crippen LogP contribution in [0.15, 0.2) is 30.5 Å². The van der Waals surface area contributed by atoms with Crippen LogP contribution in [0, 0.1) is 0 Å². The van der Waals surface area contributed by atoms with E-state index in [-0.39, 0.29) is 6.04 Å². The Bertz CT molecular complexity index is 478. The molecule has 1 heterocycles. The lowest BCUT2D eigenvalue weighted by molar-refractivity contribution is 0.682. The van der Waals surface area contributed by atoms with Crippen molar-refractivity contribution >= 4 is 11.6 Å². The molecule has 2 N–H and O–H groups in total. The van der Waals surface area contributed by atoms with E-state index in [1.165, 1.54) is 0 Å². The summed E-state index contributed by atoms with van der Waals surface area (Å²) in [4.78, 5) is 0. The minimum Gasteiger partial charge on any atom is -0.328 e. The summed E-state index contributed by atoms with van der Waals surface area (Å²) in [5.41, 5.74) is 7.56. The van der Waals surface area contributed by atoms with Gasteiger partial charge in [-0.05, 0) is 19.1 Å². The predicted octanol–water partition coefficient (Wildman–Crippen LogP) is 1.81. The van der Waals surface area contributed by atoms with Crippen LogP contribution in [0.3, 0.4) is 0 Å². The van der Waals surface area contributed by atoms with Crippen LogP contribution in [0.25, 0.3) is 5.69 Å². The first-order chi connectivity index (χ1) is 7.68. The maximum absolute atomic E-state index is 6.10. The van der Waals surface area contributed by atoms with E-state index in [0.717, 1.165) is 17.8 Å². The zero-order valence-corrected chi connectivity index (χ0v) is 9.72. The van der Waals surface area contributed by atoms with Crippen LogP contribution in [0.1, 0.15) is 12.6 Å². The molecular weight excluding hydrogens is 224 g/mol. The van der Waals surface area contributed by atoms with Gasteiger partial charge >= 0.3 is 0 Å². The quantitative estimate of drug-likeness (QED) is 0.884. The molecule has 0 aliphatic rings. The molecule has 0 fully saturated rings. The van der Waals surface area contributed by atoms with Gasteiger partial charge in [0.1, 0.15) is 0 Å². The van der Waals surface area contributed by atoms with Gasteiger partial charge in [-0.25, -0.2) is 4.68 Å². The van der Waals surface area contributed by atoms with E-state index < -0.39 is 0 Å². The molecule has 2 rings (SSSR count). The lowest BCUT2D eigenvalue weighted by Crippen LogP contribution is -2.20. The molecule has 0 spiro atoms. The van der Waals surface area contributed by atoms with Crippen molar-refractivity contribution in [3.05, 3.63) is 41.2 Å². The number of rotatable bonds is 3. The van der Waals surface area contributed by atoms with Crippen molar-refractivity contribution < 1.29 is 0 Å². The first-order valence-corrected chi connectivity index (χ1v) is 5.46. The Morgan fingerprint density at radius 2 is 2.19 bits per heavy atom. The third-order valence-corrected chi connectivity index (χ3v) is 2.55. The first-order valence-electron chi connectivity index (χ1n) is 5.08. The maximum Gasteiger partial charge on any atom is 0.0852 e. The molecule has 0 bridgehead atoms. The van der Waals surface area contributed by atoms with E-state index in [1.54, 1.807) is 10.9 Å². The molecule has 0 amide bonds. The third kappa shape index (κ3) is 2.23. The normalized spacial score (nSPS) is 12.7. The van der Waals surface area contributed by atoms with Gasteiger partial charge in [-0.2, -0.15) is 0 Å². The Balaban J connectivity index is 2.41. The summed E-state index contributed by atoms with van der Waals surface area (Å²) in [5, 5.41) is 8.57.